The molecular formula is C16H15ClN2O. The van der Waals surface area contributed by atoms with Crippen LogP contribution in [-0.4, -0.2) is 12.0 Å². The number of halogens is 1. The van der Waals surface area contributed by atoms with Crippen molar-refractivity contribution in [3.8, 4) is 0 Å². The van der Waals surface area contributed by atoms with Gasteiger partial charge < -0.3 is 9.73 Å². The van der Waals surface area contributed by atoms with Gasteiger partial charge in [0, 0.05) is 16.1 Å². The molecular weight excluding hydrogens is 272 g/mol. The smallest absolute Gasteiger partial charge is 0.134 e. The van der Waals surface area contributed by atoms with Crippen LogP contribution in [0.5, 0.6) is 0 Å². The Balaban J connectivity index is 2.07. The molecule has 0 aliphatic rings. The van der Waals surface area contributed by atoms with Gasteiger partial charge in [-0.2, -0.15) is 0 Å². The number of rotatable bonds is 3. The summed E-state index contributed by atoms with van der Waals surface area (Å²) in [5, 5.41) is 4.96. The van der Waals surface area contributed by atoms with E-state index in [0.717, 1.165) is 28.1 Å². The van der Waals surface area contributed by atoms with Gasteiger partial charge in [-0.25, -0.2) is 0 Å². The normalized spacial score (nSPS) is 12.8. The number of furan rings is 1. The molecule has 1 unspecified atom stereocenters. The van der Waals surface area contributed by atoms with Gasteiger partial charge in [-0.3, -0.25) is 4.98 Å². The lowest BCUT2D eigenvalue weighted by atomic mass is 10.1. The van der Waals surface area contributed by atoms with Gasteiger partial charge in [0.25, 0.3) is 0 Å². The molecule has 0 aliphatic carbocycles. The van der Waals surface area contributed by atoms with Gasteiger partial charge in [-0.1, -0.05) is 17.7 Å². The summed E-state index contributed by atoms with van der Waals surface area (Å²) in [5.41, 5.74) is 2.76. The van der Waals surface area contributed by atoms with Crippen LogP contribution in [-0.2, 0) is 0 Å². The first-order valence-electron chi connectivity index (χ1n) is 6.47. The SMILES string of the molecule is CNC(c1cccc(C)n1)c1cc2cc(Cl)ccc2o1. The molecule has 0 fully saturated rings. The number of nitrogens with one attached hydrogen (secondary N) is 1. The van der Waals surface area contributed by atoms with E-state index >= 15 is 0 Å². The standard InChI is InChI=1S/C16H15ClN2O/c1-10-4-3-5-13(19-10)16(18-2)15-9-11-8-12(17)6-7-14(11)20-15/h3-9,16,18H,1-2H3. The first-order valence-corrected chi connectivity index (χ1v) is 6.85. The van der Waals surface area contributed by atoms with Crippen LogP contribution in [0, 0.1) is 6.92 Å². The molecule has 102 valence electrons. The molecule has 0 radical (unpaired) electrons. The fraction of sp³-hybridized carbons (Fsp3) is 0.188. The Hall–Kier alpha value is -1.84. The molecule has 1 atom stereocenters. The highest BCUT2D eigenvalue weighted by Gasteiger charge is 2.18. The summed E-state index contributed by atoms with van der Waals surface area (Å²) in [6, 6.07) is 13.5. The first-order chi connectivity index (χ1) is 9.67. The van der Waals surface area contributed by atoms with Crippen molar-refractivity contribution < 1.29 is 4.42 Å². The topological polar surface area (TPSA) is 38.1 Å². The van der Waals surface area contributed by atoms with Gasteiger partial charge in [0.1, 0.15) is 17.4 Å². The molecule has 0 saturated carbocycles. The van der Waals surface area contributed by atoms with E-state index in [4.69, 9.17) is 16.0 Å². The Labute approximate surface area is 122 Å². The van der Waals surface area contributed by atoms with Gasteiger partial charge in [0.05, 0.1) is 5.69 Å². The molecule has 4 heteroatoms. The zero-order chi connectivity index (χ0) is 14.1. The fourth-order valence-corrected chi connectivity index (χ4v) is 2.52. The maximum atomic E-state index is 6.01. The Bertz CT molecular complexity index is 751. The lowest BCUT2D eigenvalue weighted by molar-refractivity contribution is 0.485. The number of pyridine rings is 1. The highest BCUT2D eigenvalue weighted by atomic mass is 35.5. The number of benzene rings is 1. The Kier molecular flexibility index (Phi) is 3.47. The number of fused-ring (bicyclic) bond motifs is 1. The third kappa shape index (κ3) is 2.42. The van der Waals surface area contributed by atoms with E-state index in [1.54, 1.807) is 0 Å². The van der Waals surface area contributed by atoms with Crippen molar-refractivity contribution in [1.29, 1.82) is 0 Å². The Morgan fingerprint density at radius 2 is 2.05 bits per heavy atom. The summed E-state index contributed by atoms with van der Waals surface area (Å²) < 4.78 is 5.91. The summed E-state index contributed by atoms with van der Waals surface area (Å²) >= 11 is 6.01. The quantitative estimate of drug-likeness (QED) is 0.788. The van der Waals surface area contributed by atoms with Gasteiger partial charge in [-0.15, -0.1) is 0 Å². The van der Waals surface area contributed by atoms with E-state index in [-0.39, 0.29) is 6.04 Å². The van der Waals surface area contributed by atoms with Gasteiger partial charge >= 0.3 is 0 Å². The van der Waals surface area contributed by atoms with Crippen molar-refractivity contribution in [3.63, 3.8) is 0 Å². The van der Waals surface area contributed by atoms with Crippen molar-refractivity contribution in [2.24, 2.45) is 0 Å². The molecule has 3 aromatic rings. The molecule has 3 nitrogen and oxygen atoms in total. The molecule has 0 saturated heterocycles. The summed E-state index contributed by atoms with van der Waals surface area (Å²) in [6.45, 7) is 1.98. The Morgan fingerprint density at radius 3 is 2.80 bits per heavy atom. The molecule has 20 heavy (non-hydrogen) atoms. The molecule has 3 rings (SSSR count). The number of aromatic nitrogens is 1. The van der Waals surface area contributed by atoms with Gasteiger partial charge in [-0.05, 0) is 50.4 Å². The molecule has 0 bridgehead atoms. The molecule has 0 amide bonds. The van der Waals surface area contributed by atoms with E-state index in [1.807, 2.05) is 56.4 Å². The monoisotopic (exact) mass is 286 g/mol. The maximum absolute atomic E-state index is 6.01. The summed E-state index contributed by atoms with van der Waals surface area (Å²) in [6.07, 6.45) is 0. The second-order valence-electron chi connectivity index (χ2n) is 4.76. The van der Waals surface area contributed by atoms with Crippen molar-refractivity contribution in [2.45, 2.75) is 13.0 Å². The van der Waals surface area contributed by atoms with Crippen LogP contribution in [0.15, 0.2) is 46.9 Å². The summed E-state index contributed by atoms with van der Waals surface area (Å²) in [5.74, 6) is 0.836. The van der Waals surface area contributed by atoms with E-state index < -0.39 is 0 Å². The number of nitrogens with zero attached hydrogens (tertiary/aromatic N) is 1. The first kappa shape index (κ1) is 13.2. The van der Waals surface area contributed by atoms with E-state index in [9.17, 15) is 0 Å². The number of hydrogen-bond donors (Lipinski definition) is 1. The lowest BCUT2D eigenvalue weighted by Crippen LogP contribution is -2.18. The highest BCUT2D eigenvalue weighted by molar-refractivity contribution is 6.31. The van der Waals surface area contributed by atoms with Crippen LogP contribution >= 0.6 is 11.6 Å². The van der Waals surface area contributed by atoms with Crippen molar-refractivity contribution in [3.05, 3.63) is 64.6 Å². The van der Waals surface area contributed by atoms with Crippen LogP contribution in [0.3, 0.4) is 0 Å². The second-order valence-corrected chi connectivity index (χ2v) is 5.19. The van der Waals surface area contributed by atoms with Crippen LogP contribution in [0.25, 0.3) is 11.0 Å². The van der Waals surface area contributed by atoms with Crippen LogP contribution < -0.4 is 5.32 Å². The summed E-state index contributed by atoms with van der Waals surface area (Å²) in [4.78, 5) is 4.56. The average molecular weight is 287 g/mol. The number of hydrogen-bond acceptors (Lipinski definition) is 3. The van der Waals surface area contributed by atoms with Crippen LogP contribution in [0.4, 0.5) is 0 Å². The maximum Gasteiger partial charge on any atom is 0.134 e. The minimum Gasteiger partial charge on any atom is -0.459 e. The number of aryl methyl sites for hydroxylation is 1. The van der Waals surface area contributed by atoms with Crippen LogP contribution in [0.2, 0.25) is 5.02 Å². The molecule has 2 heterocycles. The van der Waals surface area contributed by atoms with Crippen molar-refractivity contribution >= 4 is 22.6 Å². The van der Waals surface area contributed by atoms with Gasteiger partial charge in [0.15, 0.2) is 0 Å². The van der Waals surface area contributed by atoms with E-state index in [2.05, 4.69) is 10.3 Å². The minimum atomic E-state index is -0.0684. The fourth-order valence-electron chi connectivity index (χ4n) is 2.34. The largest absolute Gasteiger partial charge is 0.459 e. The highest BCUT2D eigenvalue weighted by Crippen LogP contribution is 2.29. The van der Waals surface area contributed by atoms with E-state index in [0.29, 0.717) is 5.02 Å². The second kappa shape index (κ2) is 5.27. The predicted octanol–water partition coefficient (Wildman–Crippen LogP) is 4.10. The van der Waals surface area contributed by atoms with E-state index in [1.165, 1.54) is 0 Å². The zero-order valence-electron chi connectivity index (χ0n) is 11.4. The third-order valence-corrected chi connectivity index (χ3v) is 3.51. The molecule has 0 spiro atoms. The molecule has 1 N–H and O–H groups in total. The molecule has 0 aliphatic heterocycles. The lowest BCUT2D eigenvalue weighted by Gasteiger charge is -2.13. The zero-order valence-corrected chi connectivity index (χ0v) is 12.1. The van der Waals surface area contributed by atoms with Crippen molar-refractivity contribution in [1.82, 2.24) is 10.3 Å². The van der Waals surface area contributed by atoms with Crippen LogP contribution in [0.1, 0.15) is 23.2 Å². The van der Waals surface area contributed by atoms with Crippen molar-refractivity contribution in [2.75, 3.05) is 7.05 Å². The van der Waals surface area contributed by atoms with Gasteiger partial charge in [0.2, 0.25) is 0 Å². The molecule has 1 aromatic carbocycles. The average Bonchev–Trinajstić information content (AvgIpc) is 2.82. The minimum absolute atomic E-state index is 0.0684. The predicted molar refractivity (Wildman–Crippen MR) is 81.1 cm³/mol. The summed E-state index contributed by atoms with van der Waals surface area (Å²) in [7, 11) is 1.90. The molecule has 2 aromatic heterocycles. The Morgan fingerprint density at radius 1 is 1.20 bits per heavy atom. The third-order valence-electron chi connectivity index (χ3n) is 3.28.